The predicted molar refractivity (Wildman–Crippen MR) is 194 cm³/mol. The Hall–Kier alpha value is -4.04. The summed E-state index contributed by atoms with van der Waals surface area (Å²) in [4.78, 5) is 53.2. The molecule has 0 spiro atoms. The molecule has 1 aliphatic heterocycles. The van der Waals surface area contributed by atoms with Crippen molar-refractivity contribution in [1.29, 1.82) is 0 Å². The van der Waals surface area contributed by atoms with E-state index in [2.05, 4.69) is 23.9 Å². The number of ether oxygens (including phenoxy) is 2. The van der Waals surface area contributed by atoms with Gasteiger partial charge in [0, 0.05) is 42.4 Å². The number of amides is 3. The first kappa shape index (κ1) is 35.4. The second kappa shape index (κ2) is 13.8. The van der Waals surface area contributed by atoms with E-state index in [9.17, 15) is 22.8 Å². The Kier molecular flexibility index (Phi) is 9.59. The molecule has 4 aliphatic rings. The third kappa shape index (κ3) is 7.21. The van der Waals surface area contributed by atoms with Crippen LogP contribution in [0.3, 0.4) is 0 Å². The topological polar surface area (TPSA) is 157 Å². The maximum absolute atomic E-state index is 14.2. The largest absolute Gasteiger partial charge is 0.497 e. The van der Waals surface area contributed by atoms with Crippen LogP contribution < -0.4 is 19.5 Å². The van der Waals surface area contributed by atoms with Gasteiger partial charge in [-0.15, -0.1) is 11.3 Å². The van der Waals surface area contributed by atoms with Crippen molar-refractivity contribution in [1.82, 2.24) is 24.9 Å². The fraction of sp³-hybridized carbons (Fsp3) is 0.541. The number of carbonyl (C=O) groups is 3. The molecule has 0 bridgehead atoms. The van der Waals surface area contributed by atoms with Crippen molar-refractivity contribution in [2.45, 2.75) is 88.0 Å². The number of hydrogen-bond donors (Lipinski definition) is 2. The highest BCUT2D eigenvalue weighted by atomic mass is 32.2. The summed E-state index contributed by atoms with van der Waals surface area (Å²) in [6, 6.07) is 7.43. The van der Waals surface area contributed by atoms with Crippen LogP contribution in [0.4, 0.5) is 0 Å². The summed E-state index contributed by atoms with van der Waals surface area (Å²) in [6.07, 6.45) is 7.62. The first-order valence-electron chi connectivity index (χ1n) is 17.8. The van der Waals surface area contributed by atoms with E-state index in [0.717, 1.165) is 35.4 Å². The minimum atomic E-state index is -3.82. The smallest absolute Gasteiger partial charge is 0.259 e. The van der Waals surface area contributed by atoms with E-state index in [1.807, 2.05) is 41.8 Å². The van der Waals surface area contributed by atoms with Crippen LogP contribution in [0, 0.1) is 17.8 Å². The summed E-state index contributed by atoms with van der Waals surface area (Å²) in [6.45, 7) is 4.74. The summed E-state index contributed by atoms with van der Waals surface area (Å²) in [5, 5.41) is 5.91. The van der Waals surface area contributed by atoms with Crippen LogP contribution in [0.2, 0.25) is 0 Å². The van der Waals surface area contributed by atoms with Gasteiger partial charge >= 0.3 is 0 Å². The van der Waals surface area contributed by atoms with Gasteiger partial charge in [-0.05, 0) is 69.4 Å². The molecule has 3 amide bonds. The van der Waals surface area contributed by atoms with Gasteiger partial charge in [-0.25, -0.2) is 18.4 Å². The zero-order valence-corrected chi connectivity index (χ0v) is 31.0. The third-order valence-corrected chi connectivity index (χ3v) is 13.3. The number of carbonyl (C=O) groups excluding carboxylic acids is 3. The number of benzene rings is 1. The molecule has 7 rings (SSSR count). The number of nitrogens with one attached hydrogen (secondary N) is 2. The zero-order chi connectivity index (χ0) is 36.1. The molecule has 3 saturated carbocycles. The quantitative estimate of drug-likeness (QED) is 0.306. The van der Waals surface area contributed by atoms with Crippen molar-refractivity contribution in [3.63, 3.8) is 0 Å². The lowest BCUT2D eigenvalue weighted by Crippen LogP contribution is -2.54. The van der Waals surface area contributed by atoms with Crippen molar-refractivity contribution < 1.29 is 32.3 Å². The molecule has 51 heavy (non-hydrogen) atoms. The SMILES string of the molecule is COc1ccc2c(O[C@@H]3C[C@H]4C(=O)N[C@@]5(C(=O)NS(=O)(=O)C6CC6)C[C@@H]5/C=C\CCCCN(C)C(=O)[C@@H]4C3)cc(-c3nc(C(C)C)cs3)nc2c1. The van der Waals surface area contributed by atoms with E-state index in [1.165, 1.54) is 11.3 Å². The number of fused-ring (bicyclic) bond motifs is 3. The van der Waals surface area contributed by atoms with Gasteiger partial charge in [0.15, 0.2) is 0 Å². The molecule has 14 heteroatoms. The number of nitrogens with zero attached hydrogens (tertiary/aromatic N) is 3. The number of rotatable bonds is 8. The Morgan fingerprint density at radius 2 is 1.90 bits per heavy atom. The third-order valence-electron chi connectivity index (χ3n) is 10.6. The summed E-state index contributed by atoms with van der Waals surface area (Å²) in [7, 11) is -0.465. The van der Waals surface area contributed by atoms with Crippen molar-refractivity contribution in [2.75, 3.05) is 20.7 Å². The van der Waals surface area contributed by atoms with E-state index >= 15 is 0 Å². The lowest BCUT2D eigenvalue weighted by Gasteiger charge is -2.26. The summed E-state index contributed by atoms with van der Waals surface area (Å²) in [5.41, 5.74) is 0.890. The minimum Gasteiger partial charge on any atom is -0.497 e. The second-order valence-electron chi connectivity index (χ2n) is 14.7. The molecule has 3 fully saturated rings. The fourth-order valence-corrected chi connectivity index (χ4v) is 9.55. The maximum atomic E-state index is 14.2. The molecule has 1 aromatic carbocycles. The summed E-state index contributed by atoms with van der Waals surface area (Å²) < 4.78 is 40.0. The highest BCUT2D eigenvalue weighted by Gasteiger charge is 2.62. The maximum Gasteiger partial charge on any atom is 0.259 e. The van der Waals surface area contributed by atoms with Gasteiger partial charge in [0.25, 0.3) is 5.91 Å². The molecule has 0 saturated heterocycles. The van der Waals surface area contributed by atoms with E-state index in [4.69, 9.17) is 19.4 Å². The molecule has 5 atom stereocenters. The lowest BCUT2D eigenvalue weighted by molar-refractivity contribution is -0.140. The Balaban J connectivity index is 1.19. The van der Waals surface area contributed by atoms with E-state index in [-0.39, 0.29) is 30.6 Å². The summed E-state index contributed by atoms with van der Waals surface area (Å²) in [5.74, 6) is -1.67. The van der Waals surface area contributed by atoms with Gasteiger partial charge in [0.2, 0.25) is 21.8 Å². The van der Waals surface area contributed by atoms with Crippen LogP contribution >= 0.6 is 11.3 Å². The number of pyridine rings is 1. The number of hydrogen-bond acceptors (Lipinski definition) is 10. The molecule has 2 aromatic heterocycles. The number of allylic oxidation sites excluding steroid dienone is 1. The van der Waals surface area contributed by atoms with Crippen molar-refractivity contribution >= 4 is 50.0 Å². The monoisotopic (exact) mass is 735 g/mol. The van der Waals surface area contributed by atoms with Crippen molar-refractivity contribution in [2.24, 2.45) is 17.8 Å². The first-order valence-corrected chi connectivity index (χ1v) is 20.2. The Morgan fingerprint density at radius 1 is 1.12 bits per heavy atom. The van der Waals surface area contributed by atoms with Crippen molar-refractivity contribution in [3.05, 3.63) is 47.5 Å². The average molecular weight is 736 g/mol. The second-order valence-corrected chi connectivity index (χ2v) is 17.5. The van der Waals surface area contributed by atoms with Gasteiger partial charge in [-0.1, -0.05) is 26.0 Å². The minimum absolute atomic E-state index is 0.148. The number of methoxy groups -OCH3 is 1. The highest BCUT2D eigenvalue weighted by molar-refractivity contribution is 7.91. The molecular weight excluding hydrogens is 691 g/mol. The Labute approximate surface area is 302 Å². The van der Waals surface area contributed by atoms with Crippen LogP contribution in [0.5, 0.6) is 11.5 Å². The van der Waals surface area contributed by atoms with Gasteiger partial charge < -0.3 is 19.7 Å². The number of sulfonamides is 1. The summed E-state index contributed by atoms with van der Waals surface area (Å²) >= 11 is 1.51. The standard InChI is InChI=1S/C37H45N5O7S2/c1-21(2)31-20-50-34(39-31)30-18-32(26-13-10-23(48-4)17-29(26)38-30)49-24-15-27-28(16-24)35(44)42(3)14-8-6-5-7-9-22-19-37(22,40-33(27)43)36(45)41-51(46,47)25-11-12-25/h7,9-10,13,17-18,20-22,24-25,27-28H,5-6,8,11-12,14-16,19H2,1-4H3,(H,40,43)(H,41,45)/b9-7-/t22-,24+,27+,28+,37-/m0/s1. The van der Waals surface area contributed by atoms with Gasteiger partial charge in [0.1, 0.15) is 33.8 Å². The van der Waals surface area contributed by atoms with Gasteiger partial charge in [-0.3, -0.25) is 19.1 Å². The molecular formula is C37H45N5O7S2. The number of thiazole rings is 1. The van der Waals surface area contributed by atoms with Crippen LogP contribution in [-0.4, -0.2) is 78.6 Å². The van der Waals surface area contributed by atoms with Crippen molar-refractivity contribution in [3.8, 4) is 22.2 Å². The van der Waals surface area contributed by atoms with Gasteiger partial charge in [-0.2, -0.15) is 0 Å². The van der Waals surface area contributed by atoms with E-state index in [1.54, 1.807) is 19.1 Å². The molecule has 12 nitrogen and oxygen atoms in total. The Morgan fingerprint density at radius 3 is 2.63 bits per heavy atom. The zero-order valence-electron chi connectivity index (χ0n) is 29.4. The molecule has 3 heterocycles. The van der Waals surface area contributed by atoms with Crippen LogP contribution in [0.1, 0.15) is 76.8 Å². The first-order chi connectivity index (χ1) is 24.4. The number of aromatic nitrogens is 2. The molecule has 3 aliphatic carbocycles. The fourth-order valence-electron chi connectivity index (χ4n) is 7.25. The van der Waals surface area contributed by atoms with Crippen LogP contribution in [-0.2, 0) is 24.4 Å². The van der Waals surface area contributed by atoms with E-state index < -0.39 is 50.6 Å². The average Bonchev–Trinajstić information content (AvgIpc) is 3.98. The van der Waals surface area contributed by atoms with Gasteiger partial charge in [0.05, 0.1) is 35.4 Å². The normalized spacial score (nSPS) is 27.7. The Bertz CT molecular complexity index is 1990. The lowest BCUT2D eigenvalue weighted by atomic mass is 9.93. The molecule has 272 valence electrons. The van der Waals surface area contributed by atoms with Crippen LogP contribution in [0.15, 0.2) is 41.8 Å². The molecule has 0 radical (unpaired) electrons. The molecule has 3 aromatic rings. The predicted octanol–water partition coefficient (Wildman–Crippen LogP) is 4.95. The van der Waals surface area contributed by atoms with E-state index in [0.29, 0.717) is 48.5 Å². The molecule has 0 unspecified atom stereocenters. The van der Waals surface area contributed by atoms with Crippen LogP contribution in [0.25, 0.3) is 21.6 Å². The highest BCUT2D eigenvalue weighted by Crippen LogP contribution is 2.47. The molecule has 2 N–H and O–H groups in total.